The number of benzene rings is 1. The van der Waals surface area contributed by atoms with Gasteiger partial charge in [0.05, 0.1) is 118 Å². The summed E-state index contributed by atoms with van der Waals surface area (Å²) in [5.74, 6) is -1.90. The molecule has 1 fully saturated rings. The molecule has 1 aliphatic rings. The van der Waals surface area contributed by atoms with Crippen molar-refractivity contribution in [3.63, 3.8) is 0 Å². The number of rotatable bonds is 7. The highest BCUT2D eigenvalue weighted by Gasteiger charge is 2.35. The molecule has 12 nitrogen and oxygen atoms in total. The van der Waals surface area contributed by atoms with Crippen molar-refractivity contribution < 1.29 is 18.3 Å². The Kier molecular flexibility index (Phi) is 8.10. The largest absolute Gasteiger partial charge is 0.453 e. The van der Waals surface area contributed by atoms with Crippen LogP contribution in [0.4, 0.5) is 13.6 Å². The zero-order valence-corrected chi connectivity index (χ0v) is 27.0. The van der Waals surface area contributed by atoms with Gasteiger partial charge in [0.25, 0.3) is 0 Å². The molecule has 23 heteroatoms. The lowest BCUT2D eigenvalue weighted by Crippen LogP contribution is -2.43. The fraction of sp³-hybridized carbons (Fsp3) is 0.321. The van der Waals surface area contributed by atoms with E-state index >= 15 is 8.78 Å². The summed E-state index contributed by atoms with van der Waals surface area (Å²) in [5, 5.41) is 4.63. The van der Waals surface area contributed by atoms with E-state index in [1.54, 1.807) is 0 Å². The minimum absolute atomic E-state index is 0.0258. The third-order valence-corrected chi connectivity index (χ3v) is 8.93. The Bertz CT molecular complexity index is 2440. The van der Waals surface area contributed by atoms with Crippen molar-refractivity contribution >= 4 is 110 Å². The summed E-state index contributed by atoms with van der Waals surface area (Å²) in [6.07, 6.45) is 4.33. The maximum Gasteiger partial charge on any atom is 0.407 e. The fourth-order valence-electron chi connectivity index (χ4n) is 6.87. The van der Waals surface area contributed by atoms with Crippen LogP contribution >= 0.6 is 0 Å². The third-order valence-electron chi connectivity index (χ3n) is 8.93. The molecule has 7 rings (SSSR count). The van der Waals surface area contributed by atoms with E-state index in [4.69, 9.17) is 75.4 Å². The standard InChI is InChI=1S/C28H18B9F2N9O3/c1-51-24(49)42-12-2-3-13(6-12)46-21-16(47(25(46)50)27(32,33)34)8-40-23-18(21)17(19(43-23)14-9-45(26(29,30)31)44-22(14)39)10-4-11-7-41-48(28(35,36)37)20(11)15(38)5-10/h4-5,7-9,12-13H,2-3,6H2,1H3,(H,40,43)(H,42,49)/t12-,13-/m1/s1. The first-order valence-electron chi connectivity index (χ1n) is 15.4. The number of H-pyrrole nitrogens is 1. The summed E-state index contributed by atoms with van der Waals surface area (Å²) >= 11 is 0. The second kappa shape index (κ2) is 11.8. The number of carbonyl (C=O) groups excluding carboxylic acids is 1. The van der Waals surface area contributed by atoms with Crippen LogP contribution in [0.2, 0.25) is 0 Å². The van der Waals surface area contributed by atoms with E-state index in [9.17, 15) is 9.59 Å². The first-order chi connectivity index (χ1) is 23.8. The monoisotopic (exact) mass is 665 g/mol. The number of halogens is 2. The second-order valence-corrected chi connectivity index (χ2v) is 12.8. The van der Waals surface area contributed by atoms with Crippen LogP contribution in [0.3, 0.4) is 0 Å². The Morgan fingerprint density at radius 3 is 2.35 bits per heavy atom. The van der Waals surface area contributed by atoms with Gasteiger partial charge in [0.1, 0.15) is 17.0 Å². The third kappa shape index (κ3) is 5.76. The Morgan fingerprint density at radius 2 is 1.73 bits per heavy atom. The molecule has 18 radical (unpaired) electrons. The molecule has 0 unspecified atom stereocenters. The Morgan fingerprint density at radius 1 is 1.00 bits per heavy atom. The normalized spacial score (nSPS) is 17.2. The molecule has 1 amide bonds. The van der Waals surface area contributed by atoms with Crippen LogP contribution in [0.5, 0.6) is 0 Å². The number of amides is 1. The molecule has 0 bridgehead atoms. The van der Waals surface area contributed by atoms with Crippen molar-refractivity contribution in [2.75, 3.05) is 7.11 Å². The molecule has 1 saturated carbocycles. The first kappa shape index (κ1) is 35.0. The number of hydrogen-bond acceptors (Lipinski definition) is 6. The van der Waals surface area contributed by atoms with Crippen LogP contribution in [0.1, 0.15) is 25.3 Å². The minimum atomic E-state index is -2.21. The fourth-order valence-corrected chi connectivity index (χ4v) is 6.87. The molecule has 6 aromatic rings. The number of imidazole rings is 1. The predicted octanol–water partition coefficient (Wildman–Crippen LogP) is -0.493. The Labute approximate surface area is 300 Å². The molecule has 234 valence electrons. The molecule has 5 aromatic heterocycles. The lowest BCUT2D eigenvalue weighted by Gasteiger charge is -2.22. The van der Waals surface area contributed by atoms with Crippen molar-refractivity contribution in [1.29, 1.82) is 0 Å². The van der Waals surface area contributed by atoms with Gasteiger partial charge in [-0.2, -0.15) is 9.49 Å². The van der Waals surface area contributed by atoms with E-state index in [0.717, 1.165) is 26.2 Å². The zero-order valence-electron chi connectivity index (χ0n) is 27.0. The number of alkyl carbamates (subject to hydrolysis) is 1. The summed E-state index contributed by atoms with van der Waals surface area (Å²) in [4.78, 5) is 33.9. The average molecular weight is 664 g/mol. The van der Waals surface area contributed by atoms with Gasteiger partial charge in [-0.25, -0.2) is 19.0 Å². The number of fused-ring (bicyclic) bond motifs is 4. The zero-order chi connectivity index (χ0) is 36.9. The summed E-state index contributed by atoms with van der Waals surface area (Å²) in [7, 11) is 54.5. The Balaban J connectivity index is 1.59. The van der Waals surface area contributed by atoms with Crippen LogP contribution in [0, 0.1) is 11.8 Å². The highest BCUT2D eigenvalue weighted by atomic mass is 19.1. The molecule has 0 aliphatic heterocycles. The minimum Gasteiger partial charge on any atom is -0.453 e. The van der Waals surface area contributed by atoms with Crippen LogP contribution < -0.4 is 11.0 Å². The summed E-state index contributed by atoms with van der Waals surface area (Å²) in [5.41, 5.74) is -0.227. The molecular formula is C28H18B9F2N9O3. The number of nitrogens with one attached hydrogen (secondary N) is 2. The number of methoxy groups -OCH3 is 1. The maximum absolute atomic E-state index is 16.1. The number of aromatic nitrogens is 8. The van der Waals surface area contributed by atoms with Crippen molar-refractivity contribution in [2.45, 2.75) is 47.1 Å². The molecule has 2 atom stereocenters. The van der Waals surface area contributed by atoms with Crippen LogP contribution in [0.15, 0.2) is 35.5 Å². The van der Waals surface area contributed by atoms with Gasteiger partial charge >= 0.3 is 11.8 Å². The lowest BCUT2D eigenvalue weighted by atomic mass is 9.49. The van der Waals surface area contributed by atoms with Crippen LogP contribution in [-0.4, -0.2) is 129 Å². The number of pyridine rings is 1. The quantitative estimate of drug-likeness (QED) is 0.222. The molecular weight excluding hydrogens is 646 g/mol. The predicted molar refractivity (Wildman–Crippen MR) is 194 cm³/mol. The molecule has 0 spiro atoms. The number of aromatic amines is 1. The van der Waals surface area contributed by atoms with Gasteiger partial charge < -0.3 is 19.6 Å². The first-order valence-corrected chi connectivity index (χ1v) is 15.4. The van der Waals surface area contributed by atoms with Gasteiger partial charge in [-0.05, 0) is 47.4 Å². The van der Waals surface area contributed by atoms with Crippen molar-refractivity contribution in [1.82, 2.24) is 44.0 Å². The summed E-state index contributed by atoms with van der Waals surface area (Å²) < 4.78 is 40.7. The SMILES string of the molecule is [B]C([B])([B])n1cc(-c2[nH]c3ncc4c(c3c2-c2cc(F)c3c(cnn3C([B])([B])[B])c2)n([C@@H]2CC[C@@H](NC(=O)OC)C2)c(=O)n4C([B])([B])[B])c(F)n1. The number of nitrogens with zero attached hydrogens (tertiary/aromatic N) is 7. The van der Waals surface area contributed by atoms with Gasteiger partial charge in [-0.3, -0.25) is 13.9 Å². The topological polar surface area (TPSA) is 130 Å². The molecule has 1 aliphatic carbocycles. The van der Waals surface area contributed by atoms with Gasteiger partial charge in [0.2, 0.25) is 5.95 Å². The summed E-state index contributed by atoms with van der Waals surface area (Å²) in [6, 6.07) is 1.76. The van der Waals surface area contributed by atoms with Crippen molar-refractivity contribution in [2.24, 2.45) is 0 Å². The van der Waals surface area contributed by atoms with E-state index in [1.165, 1.54) is 30.1 Å². The highest BCUT2D eigenvalue weighted by molar-refractivity contribution is 6.57. The molecule has 0 saturated heterocycles. The van der Waals surface area contributed by atoms with Gasteiger partial charge in [-0.1, -0.05) is 5.24 Å². The van der Waals surface area contributed by atoms with E-state index in [2.05, 4.69) is 25.5 Å². The van der Waals surface area contributed by atoms with E-state index in [1.807, 2.05) is 0 Å². The number of ether oxygens (including phenoxy) is 1. The van der Waals surface area contributed by atoms with Gasteiger partial charge in [0.15, 0.2) is 0 Å². The highest BCUT2D eigenvalue weighted by Crippen LogP contribution is 2.44. The van der Waals surface area contributed by atoms with E-state index < -0.39 is 45.3 Å². The second-order valence-electron chi connectivity index (χ2n) is 12.8. The number of carbonyl (C=O) groups is 1. The lowest BCUT2D eigenvalue weighted by molar-refractivity contribution is 0.166. The molecule has 1 aromatic carbocycles. The number of hydrogen-bond donors (Lipinski definition) is 2. The van der Waals surface area contributed by atoms with E-state index in [-0.39, 0.29) is 61.4 Å². The Hall–Kier alpha value is -4.43. The van der Waals surface area contributed by atoms with Crippen molar-refractivity contribution in [3.8, 4) is 22.4 Å². The molecule has 2 N–H and O–H groups in total. The van der Waals surface area contributed by atoms with Crippen molar-refractivity contribution in [3.05, 3.63) is 53.0 Å². The van der Waals surface area contributed by atoms with Gasteiger partial charge in [-0.15, -0.1) is 5.10 Å². The molecule has 5 heterocycles. The van der Waals surface area contributed by atoms with Crippen LogP contribution in [0.25, 0.3) is 55.4 Å². The van der Waals surface area contributed by atoms with Gasteiger partial charge in [0, 0.05) is 29.2 Å². The smallest absolute Gasteiger partial charge is 0.407 e. The summed E-state index contributed by atoms with van der Waals surface area (Å²) in [6.45, 7) is 0. The molecule has 51 heavy (non-hydrogen) atoms. The van der Waals surface area contributed by atoms with Crippen LogP contribution in [-0.2, 0) is 20.4 Å². The average Bonchev–Trinajstić information content (AvgIpc) is 3.83. The van der Waals surface area contributed by atoms with E-state index in [0.29, 0.717) is 19.3 Å². The maximum atomic E-state index is 16.1.